The van der Waals surface area contributed by atoms with E-state index in [1.165, 1.54) is 6.42 Å². The molecule has 0 heterocycles. The number of nitrogens with one attached hydrogen (secondary N) is 1. The molecule has 1 aliphatic carbocycles. The molecule has 0 aromatic rings. The van der Waals surface area contributed by atoms with Gasteiger partial charge in [0.2, 0.25) is 0 Å². The smallest absolute Gasteiger partial charge is 0.140 e. The second-order valence-corrected chi connectivity index (χ2v) is 5.48. The summed E-state index contributed by atoms with van der Waals surface area (Å²) in [6, 6.07) is 0.100. The molecule has 0 aromatic heterocycles. The summed E-state index contributed by atoms with van der Waals surface area (Å²) in [5.74, 6) is 0.862. The van der Waals surface area contributed by atoms with Crippen molar-refractivity contribution in [1.82, 2.24) is 5.32 Å². The molecule has 0 saturated heterocycles. The molecule has 1 saturated carbocycles. The van der Waals surface area contributed by atoms with Gasteiger partial charge in [0.15, 0.2) is 0 Å². The summed E-state index contributed by atoms with van der Waals surface area (Å²) >= 11 is 0. The maximum Gasteiger partial charge on any atom is 0.140 e. The van der Waals surface area contributed by atoms with Gasteiger partial charge in [-0.3, -0.25) is 0 Å². The third-order valence-corrected chi connectivity index (χ3v) is 3.59. The van der Waals surface area contributed by atoms with E-state index in [4.69, 9.17) is 10.9 Å². The molecule has 5 N–H and O–H groups in total. The number of nitrogens with zero attached hydrogens (tertiary/aromatic N) is 1. The summed E-state index contributed by atoms with van der Waals surface area (Å²) in [5, 5.41) is 24.6. The Morgan fingerprint density at radius 1 is 1.65 bits per heavy atom. The topological polar surface area (TPSA) is 90.9 Å². The number of rotatable bonds is 5. The lowest BCUT2D eigenvalue weighted by atomic mass is 9.76. The van der Waals surface area contributed by atoms with Gasteiger partial charge in [0.05, 0.1) is 6.61 Å². The van der Waals surface area contributed by atoms with Crippen molar-refractivity contribution in [2.45, 2.75) is 57.5 Å². The van der Waals surface area contributed by atoms with Crippen LogP contribution in [0.15, 0.2) is 5.16 Å². The van der Waals surface area contributed by atoms with Crippen molar-refractivity contribution in [3.8, 4) is 0 Å². The van der Waals surface area contributed by atoms with E-state index in [2.05, 4.69) is 17.4 Å². The van der Waals surface area contributed by atoms with E-state index in [0.29, 0.717) is 12.3 Å². The third-order valence-electron chi connectivity index (χ3n) is 3.59. The summed E-state index contributed by atoms with van der Waals surface area (Å²) in [4.78, 5) is 0. The monoisotopic (exact) mass is 243 g/mol. The Kier molecular flexibility index (Phi) is 5.21. The first-order valence-corrected chi connectivity index (χ1v) is 6.36. The van der Waals surface area contributed by atoms with E-state index in [1.807, 2.05) is 6.92 Å². The molecule has 100 valence electrons. The summed E-state index contributed by atoms with van der Waals surface area (Å²) in [7, 11) is 0. The third kappa shape index (κ3) is 4.16. The highest BCUT2D eigenvalue weighted by Gasteiger charge is 2.35. The van der Waals surface area contributed by atoms with Crippen LogP contribution < -0.4 is 11.1 Å². The van der Waals surface area contributed by atoms with Gasteiger partial charge in [0, 0.05) is 18.0 Å². The van der Waals surface area contributed by atoms with Gasteiger partial charge in [-0.05, 0) is 25.7 Å². The van der Waals surface area contributed by atoms with Gasteiger partial charge < -0.3 is 21.4 Å². The quantitative estimate of drug-likeness (QED) is 0.251. The summed E-state index contributed by atoms with van der Waals surface area (Å²) in [6.45, 7) is 4.37. The van der Waals surface area contributed by atoms with E-state index in [1.54, 1.807) is 0 Å². The molecule has 1 rings (SSSR count). The van der Waals surface area contributed by atoms with E-state index < -0.39 is 0 Å². The molecule has 17 heavy (non-hydrogen) atoms. The largest absolute Gasteiger partial charge is 0.409 e. The fourth-order valence-electron chi connectivity index (χ4n) is 2.91. The zero-order valence-electron chi connectivity index (χ0n) is 10.8. The number of aliphatic hydroxyl groups is 1. The highest BCUT2D eigenvalue weighted by atomic mass is 16.4. The van der Waals surface area contributed by atoms with Crippen molar-refractivity contribution in [2.24, 2.45) is 16.8 Å². The van der Waals surface area contributed by atoms with Crippen LogP contribution >= 0.6 is 0 Å². The predicted molar refractivity (Wildman–Crippen MR) is 68.1 cm³/mol. The van der Waals surface area contributed by atoms with Crippen LogP contribution in [0.4, 0.5) is 0 Å². The van der Waals surface area contributed by atoms with Crippen LogP contribution in [0.1, 0.15) is 46.0 Å². The van der Waals surface area contributed by atoms with Crippen LogP contribution in [-0.2, 0) is 0 Å². The summed E-state index contributed by atoms with van der Waals surface area (Å²) < 4.78 is 0. The first-order valence-electron chi connectivity index (χ1n) is 6.36. The van der Waals surface area contributed by atoms with Gasteiger partial charge in [0.25, 0.3) is 0 Å². The SMILES string of the molecule is CC1CCCC(CO)(NC(C)CC(N)=NO)C1. The van der Waals surface area contributed by atoms with Crippen molar-refractivity contribution >= 4 is 5.84 Å². The molecular formula is C12H25N3O2. The Bertz CT molecular complexity index is 270. The zero-order valence-corrected chi connectivity index (χ0v) is 10.8. The Morgan fingerprint density at radius 2 is 2.35 bits per heavy atom. The average Bonchev–Trinajstić information content (AvgIpc) is 2.28. The standard InChI is InChI=1S/C12H25N3O2/c1-9-4-3-5-12(7-9,8-16)14-10(2)6-11(13)15-17/h9-10,14,16-17H,3-8H2,1-2H3,(H2,13,15). The number of nitrogens with two attached hydrogens (primary N) is 1. The molecule has 0 aliphatic heterocycles. The first-order chi connectivity index (χ1) is 8.01. The van der Waals surface area contributed by atoms with E-state index >= 15 is 0 Å². The molecule has 5 nitrogen and oxygen atoms in total. The lowest BCUT2D eigenvalue weighted by Gasteiger charge is -2.41. The highest BCUT2D eigenvalue weighted by molar-refractivity contribution is 5.80. The molecule has 1 aliphatic rings. The summed E-state index contributed by atoms with van der Waals surface area (Å²) in [5.41, 5.74) is 5.30. The number of aliphatic hydroxyl groups excluding tert-OH is 1. The Labute approximate surface area is 103 Å². The van der Waals surface area contributed by atoms with Crippen LogP contribution in [0.25, 0.3) is 0 Å². The molecule has 0 aromatic carbocycles. The fraction of sp³-hybridized carbons (Fsp3) is 0.917. The van der Waals surface area contributed by atoms with Crippen molar-refractivity contribution < 1.29 is 10.3 Å². The maximum absolute atomic E-state index is 9.63. The minimum atomic E-state index is -0.188. The number of oxime groups is 1. The van der Waals surface area contributed by atoms with E-state index in [9.17, 15) is 5.11 Å². The molecule has 0 bridgehead atoms. The molecule has 1 fully saturated rings. The molecule has 0 radical (unpaired) electrons. The first kappa shape index (κ1) is 14.3. The molecule has 3 atom stereocenters. The van der Waals surface area contributed by atoms with Gasteiger partial charge in [-0.25, -0.2) is 0 Å². The molecular weight excluding hydrogens is 218 g/mol. The van der Waals surface area contributed by atoms with Crippen LogP contribution in [-0.4, -0.2) is 34.3 Å². The van der Waals surface area contributed by atoms with Crippen LogP contribution in [0.3, 0.4) is 0 Å². The molecule has 0 amide bonds. The second kappa shape index (κ2) is 6.21. The minimum absolute atomic E-state index is 0.100. The van der Waals surface area contributed by atoms with Crippen molar-refractivity contribution in [3.63, 3.8) is 0 Å². The number of hydrogen-bond acceptors (Lipinski definition) is 4. The van der Waals surface area contributed by atoms with E-state index in [-0.39, 0.29) is 24.0 Å². The number of amidine groups is 1. The molecule has 3 unspecified atom stereocenters. The minimum Gasteiger partial charge on any atom is -0.409 e. The molecule has 5 heteroatoms. The van der Waals surface area contributed by atoms with Gasteiger partial charge in [0.1, 0.15) is 5.84 Å². The lowest BCUT2D eigenvalue weighted by molar-refractivity contribution is 0.0909. The van der Waals surface area contributed by atoms with Gasteiger partial charge >= 0.3 is 0 Å². The highest BCUT2D eigenvalue weighted by Crippen LogP contribution is 2.32. The Morgan fingerprint density at radius 3 is 2.88 bits per heavy atom. The summed E-state index contributed by atoms with van der Waals surface area (Å²) in [6.07, 6.45) is 4.86. The van der Waals surface area contributed by atoms with Crippen molar-refractivity contribution in [1.29, 1.82) is 0 Å². The Hall–Kier alpha value is -0.810. The van der Waals surface area contributed by atoms with Crippen LogP contribution in [0.2, 0.25) is 0 Å². The maximum atomic E-state index is 9.63. The molecule has 0 spiro atoms. The Balaban J connectivity index is 2.56. The van der Waals surface area contributed by atoms with Gasteiger partial charge in [-0.1, -0.05) is 24.9 Å². The van der Waals surface area contributed by atoms with Crippen molar-refractivity contribution in [2.75, 3.05) is 6.61 Å². The average molecular weight is 243 g/mol. The lowest BCUT2D eigenvalue weighted by Crippen LogP contribution is -2.55. The second-order valence-electron chi connectivity index (χ2n) is 5.48. The number of hydrogen-bond donors (Lipinski definition) is 4. The normalized spacial score (nSPS) is 32.4. The fourth-order valence-corrected chi connectivity index (χ4v) is 2.91. The zero-order chi connectivity index (χ0) is 12.9. The van der Waals surface area contributed by atoms with Crippen LogP contribution in [0.5, 0.6) is 0 Å². The van der Waals surface area contributed by atoms with Gasteiger partial charge in [-0.2, -0.15) is 0 Å². The van der Waals surface area contributed by atoms with E-state index in [0.717, 1.165) is 19.3 Å². The van der Waals surface area contributed by atoms with Crippen molar-refractivity contribution in [3.05, 3.63) is 0 Å². The predicted octanol–water partition coefficient (Wildman–Crippen LogP) is 1.04. The van der Waals surface area contributed by atoms with Gasteiger partial charge in [-0.15, -0.1) is 0 Å². The van der Waals surface area contributed by atoms with Crippen LogP contribution in [0, 0.1) is 5.92 Å².